The second-order valence-electron chi connectivity index (χ2n) is 5.53. The average Bonchev–Trinajstić information content (AvgIpc) is 2.56. The van der Waals surface area contributed by atoms with E-state index in [1.54, 1.807) is 30.3 Å². The van der Waals surface area contributed by atoms with E-state index in [2.05, 4.69) is 10.6 Å². The Labute approximate surface area is 160 Å². The van der Waals surface area contributed by atoms with Gasteiger partial charge in [-0.05, 0) is 29.8 Å². The maximum atomic E-state index is 12.5. The van der Waals surface area contributed by atoms with Crippen LogP contribution >= 0.6 is 23.2 Å². The molecule has 1 atom stereocenters. The van der Waals surface area contributed by atoms with Crippen molar-refractivity contribution < 1.29 is 19.5 Å². The molecule has 0 fully saturated rings. The van der Waals surface area contributed by atoms with Gasteiger partial charge < -0.3 is 15.7 Å². The van der Waals surface area contributed by atoms with E-state index in [9.17, 15) is 19.5 Å². The average molecular weight is 395 g/mol. The summed E-state index contributed by atoms with van der Waals surface area (Å²) in [5, 5.41) is 15.2. The zero-order chi connectivity index (χ0) is 19.3. The second kappa shape index (κ2) is 8.69. The van der Waals surface area contributed by atoms with Gasteiger partial charge in [-0.25, -0.2) is 4.79 Å². The number of carbonyl (C=O) groups is 3. The molecular weight excluding hydrogens is 379 g/mol. The zero-order valence-corrected chi connectivity index (χ0v) is 15.3. The highest BCUT2D eigenvalue weighted by atomic mass is 35.5. The first-order chi connectivity index (χ1) is 12.3. The number of aliphatic carboxylic acids is 1. The van der Waals surface area contributed by atoms with Crippen molar-refractivity contribution in [1.29, 1.82) is 0 Å². The van der Waals surface area contributed by atoms with Gasteiger partial charge >= 0.3 is 5.97 Å². The number of carboxylic acid groups (broad SMARTS) is 1. The number of nitrogens with one attached hydrogen (secondary N) is 2. The molecule has 0 spiro atoms. The van der Waals surface area contributed by atoms with Crippen molar-refractivity contribution >= 4 is 46.7 Å². The minimum Gasteiger partial charge on any atom is -0.480 e. The van der Waals surface area contributed by atoms with Crippen molar-refractivity contribution in [2.75, 3.05) is 5.32 Å². The van der Waals surface area contributed by atoms with Crippen LogP contribution in [0.25, 0.3) is 0 Å². The van der Waals surface area contributed by atoms with Crippen LogP contribution in [0.2, 0.25) is 10.0 Å². The lowest BCUT2D eigenvalue weighted by molar-refractivity contribution is -0.139. The lowest BCUT2D eigenvalue weighted by Crippen LogP contribution is -2.42. The standard InChI is InChI=1S/C18H16Cl2N2O4/c1-10(23)21-15-5-3-2-4-13(15)17(24)22-16(18(25)26)8-11-6-7-12(19)9-14(11)20/h2-7,9,16H,8H2,1H3,(H,21,23)(H,22,24)(H,25,26)/t16-/m1/s1. The molecule has 0 aromatic heterocycles. The van der Waals surface area contributed by atoms with E-state index in [4.69, 9.17) is 23.2 Å². The van der Waals surface area contributed by atoms with Crippen molar-refractivity contribution in [1.82, 2.24) is 5.32 Å². The molecule has 3 N–H and O–H groups in total. The summed E-state index contributed by atoms with van der Waals surface area (Å²) in [5.41, 5.74) is 1.00. The number of rotatable bonds is 6. The van der Waals surface area contributed by atoms with Gasteiger partial charge in [-0.2, -0.15) is 0 Å². The maximum Gasteiger partial charge on any atom is 0.326 e. The normalized spacial score (nSPS) is 11.5. The Hall–Kier alpha value is -2.57. The van der Waals surface area contributed by atoms with Crippen LogP contribution in [0.3, 0.4) is 0 Å². The molecule has 0 radical (unpaired) electrons. The Bertz CT molecular complexity index is 855. The number of carbonyl (C=O) groups excluding carboxylic acids is 2. The molecule has 2 amide bonds. The Balaban J connectivity index is 2.21. The van der Waals surface area contributed by atoms with Gasteiger partial charge in [0, 0.05) is 23.4 Å². The van der Waals surface area contributed by atoms with Gasteiger partial charge in [-0.1, -0.05) is 41.4 Å². The molecule has 8 heteroatoms. The summed E-state index contributed by atoms with van der Waals surface area (Å²) in [4.78, 5) is 35.3. The number of hydrogen-bond donors (Lipinski definition) is 3. The fourth-order valence-electron chi connectivity index (χ4n) is 2.32. The van der Waals surface area contributed by atoms with Crippen LogP contribution in [0.1, 0.15) is 22.8 Å². The zero-order valence-electron chi connectivity index (χ0n) is 13.8. The third-order valence-corrected chi connectivity index (χ3v) is 4.11. The Morgan fingerprint density at radius 1 is 1.12 bits per heavy atom. The fraction of sp³-hybridized carbons (Fsp3) is 0.167. The highest BCUT2D eigenvalue weighted by Crippen LogP contribution is 2.22. The maximum absolute atomic E-state index is 12.5. The lowest BCUT2D eigenvalue weighted by Gasteiger charge is -2.17. The molecule has 0 aliphatic carbocycles. The van der Waals surface area contributed by atoms with E-state index in [0.29, 0.717) is 21.3 Å². The Morgan fingerprint density at radius 2 is 1.81 bits per heavy atom. The molecule has 2 rings (SSSR count). The smallest absolute Gasteiger partial charge is 0.326 e. The van der Waals surface area contributed by atoms with Crippen LogP contribution in [0.15, 0.2) is 42.5 Å². The van der Waals surface area contributed by atoms with Crippen LogP contribution < -0.4 is 10.6 Å². The third-order valence-electron chi connectivity index (χ3n) is 3.52. The largest absolute Gasteiger partial charge is 0.480 e. The lowest BCUT2D eigenvalue weighted by atomic mass is 10.0. The highest BCUT2D eigenvalue weighted by Gasteiger charge is 2.23. The number of para-hydroxylation sites is 1. The minimum absolute atomic E-state index is 0.0145. The van der Waals surface area contributed by atoms with Crippen molar-refractivity contribution in [2.45, 2.75) is 19.4 Å². The molecule has 0 heterocycles. The van der Waals surface area contributed by atoms with Gasteiger partial charge in [0.15, 0.2) is 0 Å². The Morgan fingerprint density at radius 3 is 2.42 bits per heavy atom. The third kappa shape index (κ3) is 5.21. The number of anilines is 1. The van der Waals surface area contributed by atoms with Gasteiger partial charge in [0.25, 0.3) is 5.91 Å². The fourth-order valence-corrected chi connectivity index (χ4v) is 2.81. The van der Waals surface area contributed by atoms with Crippen molar-refractivity contribution in [2.24, 2.45) is 0 Å². The number of halogens is 2. The van der Waals surface area contributed by atoms with Crippen molar-refractivity contribution in [3.8, 4) is 0 Å². The summed E-state index contributed by atoms with van der Waals surface area (Å²) in [6.45, 7) is 1.32. The highest BCUT2D eigenvalue weighted by molar-refractivity contribution is 6.35. The summed E-state index contributed by atoms with van der Waals surface area (Å²) in [6, 6.07) is 9.83. The van der Waals surface area contributed by atoms with Crippen LogP contribution in [0.5, 0.6) is 0 Å². The summed E-state index contributed by atoms with van der Waals surface area (Å²) in [5.74, 6) is -2.17. The Kier molecular flexibility index (Phi) is 6.60. The quantitative estimate of drug-likeness (QED) is 0.699. The monoisotopic (exact) mass is 394 g/mol. The molecule has 2 aromatic carbocycles. The van der Waals surface area contributed by atoms with E-state index < -0.39 is 17.9 Å². The number of hydrogen-bond acceptors (Lipinski definition) is 3. The van der Waals surface area contributed by atoms with Crippen LogP contribution in [0.4, 0.5) is 5.69 Å². The first kappa shape index (κ1) is 19.8. The van der Waals surface area contributed by atoms with Gasteiger partial charge in [0.1, 0.15) is 6.04 Å². The molecule has 0 saturated heterocycles. The van der Waals surface area contributed by atoms with Crippen LogP contribution in [-0.4, -0.2) is 28.9 Å². The molecule has 0 aliphatic heterocycles. The van der Waals surface area contributed by atoms with Gasteiger partial charge in [-0.3, -0.25) is 9.59 Å². The molecule has 136 valence electrons. The van der Waals surface area contributed by atoms with Crippen molar-refractivity contribution in [3.05, 3.63) is 63.6 Å². The molecule has 2 aromatic rings. The van der Waals surface area contributed by atoms with E-state index in [1.165, 1.54) is 19.1 Å². The van der Waals surface area contributed by atoms with Crippen LogP contribution in [0, 0.1) is 0 Å². The summed E-state index contributed by atoms with van der Waals surface area (Å²) in [6.07, 6.45) is -0.0145. The first-order valence-corrected chi connectivity index (χ1v) is 8.37. The molecule has 0 unspecified atom stereocenters. The van der Waals surface area contributed by atoms with Crippen LogP contribution in [-0.2, 0) is 16.0 Å². The molecule has 0 aliphatic rings. The number of carboxylic acids is 1. The molecule has 6 nitrogen and oxygen atoms in total. The van der Waals surface area contributed by atoms with Gasteiger partial charge in [0.05, 0.1) is 11.3 Å². The van der Waals surface area contributed by atoms with Gasteiger partial charge in [0.2, 0.25) is 5.91 Å². The van der Waals surface area contributed by atoms with E-state index in [0.717, 1.165) is 0 Å². The summed E-state index contributed by atoms with van der Waals surface area (Å²) in [7, 11) is 0. The topological polar surface area (TPSA) is 95.5 Å². The second-order valence-corrected chi connectivity index (χ2v) is 6.37. The number of benzene rings is 2. The minimum atomic E-state index is -1.21. The predicted octanol–water partition coefficient (Wildman–Crippen LogP) is 3.38. The summed E-state index contributed by atoms with van der Waals surface area (Å²) >= 11 is 11.9. The van der Waals surface area contributed by atoms with Crippen molar-refractivity contribution in [3.63, 3.8) is 0 Å². The number of amides is 2. The van der Waals surface area contributed by atoms with Gasteiger partial charge in [-0.15, -0.1) is 0 Å². The van der Waals surface area contributed by atoms with E-state index in [-0.39, 0.29) is 17.9 Å². The molecule has 0 bridgehead atoms. The van der Waals surface area contributed by atoms with E-state index in [1.807, 2.05) is 0 Å². The predicted molar refractivity (Wildman–Crippen MR) is 99.8 cm³/mol. The SMILES string of the molecule is CC(=O)Nc1ccccc1C(=O)N[C@H](Cc1ccc(Cl)cc1Cl)C(=O)O. The molecule has 0 saturated carbocycles. The molecule has 26 heavy (non-hydrogen) atoms. The first-order valence-electron chi connectivity index (χ1n) is 7.62. The molecular formula is C18H16Cl2N2O4. The summed E-state index contributed by atoms with van der Waals surface area (Å²) < 4.78 is 0. The van der Waals surface area contributed by atoms with E-state index >= 15 is 0 Å².